The molecule has 0 aliphatic carbocycles. The number of nitrogens with one attached hydrogen (secondary N) is 1. The number of nitrogens with zero attached hydrogens (tertiary/aromatic N) is 2. The fourth-order valence-corrected chi connectivity index (χ4v) is 3.17. The zero-order valence-corrected chi connectivity index (χ0v) is 15.7. The van der Waals surface area contributed by atoms with Crippen molar-refractivity contribution in [3.63, 3.8) is 0 Å². The molecule has 1 aromatic heterocycles. The lowest BCUT2D eigenvalue weighted by molar-refractivity contribution is -0.672. The van der Waals surface area contributed by atoms with Crippen molar-refractivity contribution in [1.82, 2.24) is 14.9 Å². The van der Waals surface area contributed by atoms with Gasteiger partial charge in [-0.25, -0.2) is 9.37 Å². The van der Waals surface area contributed by atoms with Gasteiger partial charge in [-0.2, -0.15) is 0 Å². The summed E-state index contributed by atoms with van der Waals surface area (Å²) in [7, 11) is 1.90. The number of aromatic nitrogens is 2. The Morgan fingerprint density at radius 3 is 2.68 bits per heavy atom. The first-order valence-electron chi connectivity index (χ1n) is 8.67. The second-order valence-electron chi connectivity index (χ2n) is 6.37. The number of carbonyl (C=O) groups is 1. The van der Waals surface area contributed by atoms with Crippen molar-refractivity contribution < 1.29 is 32.0 Å². The molecule has 28 heavy (non-hydrogen) atoms. The van der Waals surface area contributed by atoms with E-state index in [1.807, 2.05) is 12.4 Å². The molecule has 0 radical (unpaired) electrons. The number of nitrogens with two attached hydrogens (primary N) is 1. The maximum Gasteiger partial charge on any atom is 0.296 e. The van der Waals surface area contributed by atoms with Gasteiger partial charge in [0.2, 0.25) is 5.75 Å². The van der Waals surface area contributed by atoms with Crippen LogP contribution >= 0.6 is 0 Å². The van der Waals surface area contributed by atoms with Crippen LogP contribution in [0.4, 0.5) is 4.39 Å². The van der Waals surface area contributed by atoms with Crippen molar-refractivity contribution in [2.24, 2.45) is 0 Å². The average Bonchev–Trinajstić information content (AvgIpc) is 2.86. The summed E-state index contributed by atoms with van der Waals surface area (Å²) in [5.41, 5.74) is -0.154. The maximum atomic E-state index is 12.9. The molecule has 7 nitrogen and oxygen atoms in total. The van der Waals surface area contributed by atoms with Crippen LogP contribution in [-0.4, -0.2) is 27.6 Å². The van der Waals surface area contributed by atoms with Gasteiger partial charge in [0.25, 0.3) is 11.5 Å². The van der Waals surface area contributed by atoms with Gasteiger partial charge in [0.05, 0.1) is 7.05 Å². The summed E-state index contributed by atoms with van der Waals surface area (Å²) in [6, 6.07) is 5.67. The molecule has 4 N–H and O–H groups in total. The number of carbonyl (C=O) groups excluding carboxylic acids is 1. The summed E-state index contributed by atoms with van der Waals surface area (Å²) in [6.45, 7) is 0.624. The summed E-state index contributed by atoms with van der Waals surface area (Å²) >= 11 is 0. The minimum absolute atomic E-state index is 0. The van der Waals surface area contributed by atoms with E-state index in [1.165, 1.54) is 16.7 Å². The second kappa shape index (κ2) is 10.2. The van der Waals surface area contributed by atoms with E-state index in [-0.39, 0.29) is 43.9 Å². The zero-order valence-electron chi connectivity index (χ0n) is 14.9. The Kier molecular flexibility index (Phi) is 8.59. The van der Waals surface area contributed by atoms with E-state index in [4.69, 9.17) is 0 Å². The van der Waals surface area contributed by atoms with Gasteiger partial charge in [-0.05, 0) is 30.5 Å². The molecule has 0 spiro atoms. The molecule has 1 atom stereocenters. The number of fused-ring (bicyclic) bond motifs is 1. The Labute approximate surface area is 169 Å². The molecule has 3 rings (SSSR count). The van der Waals surface area contributed by atoms with Gasteiger partial charge in [-0.15, -0.1) is 0 Å². The molecule has 154 valence electrons. The molecule has 1 amide bonds. The highest BCUT2D eigenvalue weighted by Gasteiger charge is 2.28. The Hall–Kier alpha value is -2.45. The third-order valence-electron chi connectivity index (χ3n) is 4.64. The Morgan fingerprint density at radius 1 is 1.36 bits per heavy atom. The lowest BCUT2D eigenvalue weighted by atomic mass is 10.1. The minimum Gasteiger partial charge on any atom is -1.00 e. The predicted octanol–water partition coefficient (Wildman–Crippen LogP) is -1.92. The number of hydrogen-bond acceptors (Lipinski definition) is 4. The summed E-state index contributed by atoms with van der Waals surface area (Å²) in [6.07, 6.45) is 2.63. The van der Waals surface area contributed by atoms with Crippen molar-refractivity contribution in [2.45, 2.75) is 45.8 Å². The molecule has 0 saturated heterocycles. The van der Waals surface area contributed by atoms with Crippen LogP contribution in [0.15, 0.2) is 29.1 Å². The summed E-state index contributed by atoms with van der Waals surface area (Å²) < 4.78 is 14.4. The van der Waals surface area contributed by atoms with E-state index in [1.54, 1.807) is 12.1 Å². The van der Waals surface area contributed by atoms with E-state index < -0.39 is 17.2 Å². The van der Waals surface area contributed by atoms with Crippen molar-refractivity contribution in [3.8, 4) is 5.75 Å². The van der Waals surface area contributed by atoms with Gasteiger partial charge < -0.3 is 28.1 Å². The highest BCUT2D eigenvalue weighted by Crippen LogP contribution is 2.21. The highest BCUT2D eigenvalue weighted by atomic mass is 35.5. The summed E-state index contributed by atoms with van der Waals surface area (Å²) in [5, 5.41) is 14.8. The van der Waals surface area contributed by atoms with Gasteiger partial charge >= 0.3 is 0 Å². The standard InChI is InChI=1S/C18H21FN4O3.CH4.ClH/c1-20-13-4-2-3-9-23-16(13)22-14(15(24)18(23)26)17(25)21-10-11-5-7-12(19)8-6-11;;/h5-8,13,20,24H,2-4,9-10H2,1H3,(H,21,25);1H4;1H. The lowest BCUT2D eigenvalue weighted by Gasteiger charge is -2.16. The fraction of sp³-hybridized carbons (Fsp3) is 0.421. The van der Waals surface area contributed by atoms with Crippen LogP contribution in [0.2, 0.25) is 0 Å². The van der Waals surface area contributed by atoms with Crippen LogP contribution in [-0.2, 0) is 13.1 Å². The number of aromatic hydroxyl groups is 1. The molecule has 1 unspecified atom stereocenters. The topological polar surface area (TPSA) is 101 Å². The number of halogens is 2. The van der Waals surface area contributed by atoms with Crippen LogP contribution in [0.25, 0.3) is 0 Å². The van der Waals surface area contributed by atoms with Gasteiger partial charge in [-0.3, -0.25) is 14.2 Å². The van der Waals surface area contributed by atoms with Crippen molar-refractivity contribution >= 4 is 5.91 Å². The molecule has 2 aromatic rings. The molecular weight excluding hydrogens is 387 g/mol. The Balaban J connectivity index is 0.00000196. The highest BCUT2D eigenvalue weighted by molar-refractivity contribution is 5.94. The monoisotopic (exact) mass is 412 g/mol. The Bertz CT molecular complexity index is 871. The van der Waals surface area contributed by atoms with E-state index in [2.05, 4.69) is 10.3 Å². The van der Waals surface area contributed by atoms with Crippen LogP contribution in [0.1, 0.15) is 54.6 Å². The van der Waals surface area contributed by atoms with Crippen LogP contribution in [0.5, 0.6) is 5.75 Å². The first-order valence-corrected chi connectivity index (χ1v) is 8.67. The molecule has 1 aromatic carbocycles. The van der Waals surface area contributed by atoms with Gasteiger partial charge in [0.1, 0.15) is 11.9 Å². The molecule has 9 heteroatoms. The number of rotatable bonds is 4. The SMILES string of the molecule is C.C[NH2+]C1CCCCn2c1nc(C(=O)NCc1ccc(F)cc1)c(O)c2=O.[Cl-]. The van der Waals surface area contributed by atoms with E-state index in [0.717, 1.165) is 19.3 Å². The number of hydrogen-bond donors (Lipinski definition) is 3. The van der Waals surface area contributed by atoms with Gasteiger partial charge in [-0.1, -0.05) is 19.6 Å². The Morgan fingerprint density at radius 2 is 2.04 bits per heavy atom. The fourth-order valence-electron chi connectivity index (χ4n) is 3.17. The van der Waals surface area contributed by atoms with Crippen molar-refractivity contribution in [1.29, 1.82) is 0 Å². The predicted molar refractivity (Wildman–Crippen MR) is 98.9 cm³/mol. The van der Waals surface area contributed by atoms with Crippen LogP contribution in [0, 0.1) is 5.82 Å². The second-order valence-corrected chi connectivity index (χ2v) is 6.37. The zero-order chi connectivity index (χ0) is 18.7. The molecular formula is C19H26ClFN4O3. The maximum absolute atomic E-state index is 12.9. The largest absolute Gasteiger partial charge is 1.00 e. The first kappa shape index (κ1) is 23.6. The van der Waals surface area contributed by atoms with Crippen LogP contribution < -0.4 is 28.6 Å². The smallest absolute Gasteiger partial charge is 0.296 e. The normalized spacial score (nSPS) is 15.4. The number of benzene rings is 1. The summed E-state index contributed by atoms with van der Waals surface area (Å²) in [4.78, 5) is 29.3. The van der Waals surface area contributed by atoms with Gasteiger partial charge in [0, 0.05) is 19.5 Å². The number of quaternary nitrogens is 1. The molecule has 0 bridgehead atoms. The van der Waals surface area contributed by atoms with E-state index in [0.29, 0.717) is 17.9 Å². The molecule has 1 aliphatic heterocycles. The van der Waals surface area contributed by atoms with E-state index in [9.17, 15) is 19.1 Å². The van der Waals surface area contributed by atoms with E-state index >= 15 is 0 Å². The molecule has 2 heterocycles. The third kappa shape index (κ3) is 4.88. The molecule has 0 saturated carbocycles. The van der Waals surface area contributed by atoms with Crippen LogP contribution in [0.3, 0.4) is 0 Å². The molecule has 1 aliphatic rings. The average molecular weight is 413 g/mol. The quantitative estimate of drug-likeness (QED) is 0.544. The minimum atomic E-state index is -0.637. The van der Waals surface area contributed by atoms with Crippen molar-refractivity contribution in [2.75, 3.05) is 7.05 Å². The summed E-state index contributed by atoms with van der Waals surface area (Å²) in [5.74, 6) is -1.12. The third-order valence-corrected chi connectivity index (χ3v) is 4.64. The van der Waals surface area contributed by atoms with Gasteiger partial charge in [0.15, 0.2) is 11.5 Å². The lowest BCUT2D eigenvalue weighted by Crippen LogP contribution is -3.00. The van der Waals surface area contributed by atoms with Crippen molar-refractivity contribution in [3.05, 3.63) is 57.5 Å². The molecule has 0 fully saturated rings. The number of amides is 1. The first-order chi connectivity index (χ1) is 12.5.